The molecule has 10 heteroatoms. The zero-order chi connectivity index (χ0) is 29.7. The third-order valence-corrected chi connectivity index (χ3v) is 9.46. The second-order valence-electron chi connectivity index (χ2n) is 10.8. The molecular formula is C32H30ClN5O2S2. The lowest BCUT2D eigenvalue weighted by Crippen LogP contribution is -2.37. The Morgan fingerprint density at radius 2 is 1.81 bits per heavy atom. The molecule has 0 unspecified atom stereocenters. The molecule has 4 aromatic rings. The summed E-state index contributed by atoms with van der Waals surface area (Å²) in [6.07, 6.45) is 1.99. The molecule has 42 heavy (non-hydrogen) atoms. The number of halogens is 1. The molecule has 2 aromatic heterocycles. The highest BCUT2D eigenvalue weighted by Crippen LogP contribution is 2.46. The van der Waals surface area contributed by atoms with Crippen LogP contribution in [0.2, 0.25) is 5.02 Å². The number of rotatable bonds is 9. The van der Waals surface area contributed by atoms with E-state index in [1.807, 2.05) is 41.8 Å². The smallest absolute Gasteiger partial charge is 0.237 e. The van der Waals surface area contributed by atoms with E-state index in [-0.39, 0.29) is 18.6 Å². The highest BCUT2D eigenvalue weighted by Gasteiger charge is 2.30. The van der Waals surface area contributed by atoms with E-state index in [1.54, 1.807) is 23.5 Å². The van der Waals surface area contributed by atoms with Crippen LogP contribution in [0.15, 0.2) is 58.9 Å². The molecule has 0 spiro atoms. The molecule has 1 N–H and O–H groups in total. The molecule has 1 aliphatic heterocycles. The van der Waals surface area contributed by atoms with Gasteiger partial charge in [0.25, 0.3) is 0 Å². The number of nitriles is 1. The number of aromatic nitrogens is 2. The summed E-state index contributed by atoms with van der Waals surface area (Å²) in [4.78, 5) is 15.9. The van der Waals surface area contributed by atoms with Crippen LogP contribution >= 0.6 is 34.7 Å². The molecule has 0 radical (unpaired) electrons. The average molecular weight is 616 g/mol. The summed E-state index contributed by atoms with van der Waals surface area (Å²) >= 11 is 9.08. The summed E-state index contributed by atoms with van der Waals surface area (Å²) in [7, 11) is 0. The van der Waals surface area contributed by atoms with Crippen LogP contribution < -0.4 is 9.64 Å². The van der Waals surface area contributed by atoms with Crippen LogP contribution in [-0.2, 0) is 5.75 Å². The molecule has 0 aliphatic carbocycles. The fourth-order valence-electron chi connectivity index (χ4n) is 4.80. The molecule has 214 valence electrons. The van der Waals surface area contributed by atoms with Crippen LogP contribution in [0, 0.1) is 23.3 Å². The van der Waals surface area contributed by atoms with Gasteiger partial charge in [0.05, 0.1) is 24.4 Å². The summed E-state index contributed by atoms with van der Waals surface area (Å²) < 4.78 is 5.54. The van der Waals surface area contributed by atoms with Crippen molar-refractivity contribution in [1.29, 1.82) is 5.26 Å². The third kappa shape index (κ3) is 6.72. The number of aliphatic hydroxyl groups excluding tert-OH is 1. The number of benzene rings is 2. The maximum atomic E-state index is 10.4. The Kier molecular flexibility index (Phi) is 9.35. The molecule has 1 saturated heterocycles. The second kappa shape index (κ2) is 13.1. The summed E-state index contributed by atoms with van der Waals surface area (Å²) in [6, 6.07) is 17.3. The van der Waals surface area contributed by atoms with Crippen molar-refractivity contribution >= 4 is 46.2 Å². The first-order chi connectivity index (χ1) is 20.3. The van der Waals surface area contributed by atoms with Gasteiger partial charge in [0, 0.05) is 40.4 Å². The minimum atomic E-state index is -0.0800. The molecule has 0 bridgehead atoms. The van der Waals surface area contributed by atoms with Gasteiger partial charge in [-0.15, -0.1) is 11.3 Å². The van der Waals surface area contributed by atoms with Crippen molar-refractivity contribution in [3.8, 4) is 33.5 Å². The maximum Gasteiger partial charge on any atom is 0.237 e. The topological polar surface area (TPSA) is 86.6 Å². The van der Waals surface area contributed by atoms with Gasteiger partial charge in [-0.05, 0) is 48.1 Å². The number of aliphatic hydroxyl groups is 1. The van der Waals surface area contributed by atoms with Gasteiger partial charge in [-0.2, -0.15) is 5.26 Å². The number of anilines is 1. The summed E-state index contributed by atoms with van der Waals surface area (Å²) in [5.74, 6) is 1.76. The van der Waals surface area contributed by atoms with Crippen molar-refractivity contribution in [2.75, 3.05) is 31.2 Å². The molecule has 0 saturated carbocycles. The van der Waals surface area contributed by atoms with E-state index in [9.17, 15) is 5.26 Å². The first-order valence-electron chi connectivity index (χ1n) is 13.6. The van der Waals surface area contributed by atoms with Crippen LogP contribution in [-0.4, -0.2) is 41.4 Å². The van der Waals surface area contributed by atoms with Crippen molar-refractivity contribution in [2.24, 2.45) is 5.41 Å². The van der Waals surface area contributed by atoms with Crippen LogP contribution in [0.1, 0.15) is 37.9 Å². The lowest BCUT2D eigenvalue weighted by molar-refractivity contribution is 0.201. The minimum Gasteiger partial charge on any atom is -0.491 e. The lowest BCUT2D eigenvalue weighted by atomic mass is 9.82. The standard InChI is InChI=1S/C32H30ClN5O2S2/c1-32(2)12-14-38(15-13-32)29-28(35-3)27(21-6-10-25(11-7-21)40-17-16-39)26(18-34)31(37-29)42-20-24-19-41-30(36-24)22-4-8-23(33)9-5-22/h4-11,19,39H,12-17,20H2,1-2H3. The molecule has 5 rings (SSSR count). The van der Waals surface area contributed by atoms with E-state index in [4.69, 9.17) is 38.0 Å². The van der Waals surface area contributed by atoms with Crippen molar-refractivity contribution in [1.82, 2.24) is 9.97 Å². The minimum absolute atomic E-state index is 0.0800. The van der Waals surface area contributed by atoms with Crippen molar-refractivity contribution in [2.45, 2.75) is 37.5 Å². The number of thiazole rings is 1. The largest absolute Gasteiger partial charge is 0.491 e. The van der Waals surface area contributed by atoms with E-state index < -0.39 is 0 Å². The summed E-state index contributed by atoms with van der Waals surface area (Å²) in [5, 5.41) is 23.7. The quantitative estimate of drug-likeness (QED) is 0.150. The van der Waals surface area contributed by atoms with E-state index in [0.29, 0.717) is 44.2 Å². The average Bonchev–Trinajstić information content (AvgIpc) is 3.48. The molecule has 0 atom stereocenters. The maximum absolute atomic E-state index is 10.4. The van der Waals surface area contributed by atoms with Crippen LogP contribution in [0.5, 0.6) is 5.75 Å². The Labute approximate surface area is 259 Å². The van der Waals surface area contributed by atoms with E-state index in [2.05, 4.69) is 29.7 Å². The number of nitrogens with zero attached hydrogens (tertiary/aromatic N) is 5. The zero-order valence-electron chi connectivity index (χ0n) is 23.4. The van der Waals surface area contributed by atoms with Crippen LogP contribution in [0.4, 0.5) is 11.5 Å². The van der Waals surface area contributed by atoms with Gasteiger partial charge in [0.15, 0.2) is 0 Å². The first-order valence-corrected chi connectivity index (χ1v) is 15.8. The number of piperidine rings is 1. The van der Waals surface area contributed by atoms with Gasteiger partial charge in [-0.3, -0.25) is 0 Å². The van der Waals surface area contributed by atoms with Gasteiger partial charge in [-0.25, -0.2) is 14.8 Å². The fraction of sp³-hybridized carbons (Fsp3) is 0.312. The highest BCUT2D eigenvalue weighted by atomic mass is 35.5. The number of hydrogen-bond acceptors (Lipinski definition) is 8. The lowest BCUT2D eigenvalue weighted by Gasteiger charge is -2.38. The normalized spacial score (nSPS) is 14.3. The number of ether oxygens (including phenoxy) is 1. The Morgan fingerprint density at radius 1 is 1.12 bits per heavy atom. The van der Waals surface area contributed by atoms with Crippen molar-refractivity contribution in [3.05, 3.63) is 81.6 Å². The van der Waals surface area contributed by atoms with E-state index in [0.717, 1.165) is 47.8 Å². The van der Waals surface area contributed by atoms with Gasteiger partial charge >= 0.3 is 0 Å². The molecule has 1 fully saturated rings. The number of thioether (sulfide) groups is 1. The van der Waals surface area contributed by atoms with Crippen LogP contribution in [0.3, 0.4) is 0 Å². The molecule has 3 heterocycles. The van der Waals surface area contributed by atoms with Crippen molar-refractivity contribution in [3.63, 3.8) is 0 Å². The van der Waals surface area contributed by atoms with Gasteiger partial charge in [-0.1, -0.05) is 61.5 Å². The zero-order valence-corrected chi connectivity index (χ0v) is 25.8. The predicted octanol–water partition coefficient (Wildman–Crippen LogP) is 8.24. The SMILES string of the molecule is [C-]#[N+]c1c(N2CCC(C)(C)CC2)nc(SCc2csc(-c3ccc(Cl)cc3)n2)c(C#N)c1-c1ccc(OCCO)cc1. The number of pyridine rings is 1. The Balaban J connectivity index is 1.52. The van der Waals surface area contributed by atoms with Gasteiger partial charge in [0.2, 0.25) is 5.69 Å². The van der Waals surface area contributed by atoms with Crippen LogP contribution in [0.25, 0.3) is 26.5 Å². The molecular weight excluding hydrogens is 586 g/mol. The summed E-state index contributed by atoms with van der Waals surface area (Å²) in [6.45, 7) is 14.4. The fourth-order valence-corrected chi connectivity index (χ4v) is 6.74. The van der Waals surface area contributed by atoms with Crippen molar-refractivity contribution < 1.29 is 9.84 Å². The predicted molar refractivity (Wildman–Crippen MR) is 171 cm³/mol. The Hall–Kier alpha value is -3.60. The summed E-state index contributed by atoms with van der Waals surface area (Å²) in [5.41, 5.74) is 4.22. The monoisotopic (exact) mass is 615 g/mol. The Bertz CT molecular complexity index is 1630. The van der Waals surface area contributed by atoms with E-state index in [1.165, 1.54) is 11.8 Å². The Morgan fingerprint density at radius 3 is 2.45 bits per heavy atom. The molecule has 7 nitrogen and oxygen atoms in total. The molecule has 0 amide bonds. The van der Waals surface area contributed by atoms with Gasteiger partial charge in [0.1, 0.15) is 34.3 Å². The highest BCUT2D eigenvalue weighted by molar-refractivity contribution is 7.98. The third-order valence-electron chi connectivity index (χ3n) is 7.26. The van der Waals surface area contributed by atoms with E-state index >= 15 is 0 Å². The van der Waals surface area contributed by atoms with Gasteiger partial charge < -0.3 is 14.7 Å². The first kappa shape index (κ1) is 29.9. The number of hydrogen-bond donors (Lipinski definition) is 1. The molecule has 2 aromatic carbocycles. The molecule has 1 aliphatic rings. The second-order valence-corrected chi connectivity index (χ2v) is 13.0.